The van der Waals surface area contributed by atoms with Crippen LogP contribution in [0.25, 0.3) is 0 Å². The number of rotatable bonds is 4. The molecule has 1 aliphatic heterocycles. The molecule has 2 aromatic carbocycles. The van der Waals surface area contributed by atoms with Crippen LogP contribution in [0.2, 0.25) is 0 Å². The van der Waals surface area contributed by atoms with Crippen molar-refractivity contribution in [2.45, 2.75) is 30.8 Å². The zero-order chi connectivity index (χ0) is 20.0. The molecule has 0 N–H and O–H groups in total. The van der Waals surface area contributed by atoms with Gasteiger partial charge in [-0.1, -0.05) is 0 Å². The Bertz CT molecular complexity index is 1030. The van der Waals surface area contributed by atoms with E-state index in [1.807, 2.05) is 13.8 Å². The summed E-state index contributed by atoms with van der Waals surface area (Å²) in [4.78, 5) is 11.8. The molecule has 1 aliphatic rings. The number of carbonyl (C=O) groups is 1. The molecule has 0 radical (unpaired) electrons. The Morgan fingerprint density at radius 1 is 1.19 bits per heavy atom. The van der Waals surface area contributed by atoms with E-state index < -0.39 is 27.2 Å². The van der Waals surface area contributed by atoms with Crippen molar-refractivity contribution in [2.75, 3.05) is 13.4 Å². The van der Waals surface area contributed by atoms with Gasteiger partial charge in [0.2, 0.25) is 0 Å². The minimum atomic E-state index is -3.54. The van der Waals surface area contributed by atoms with Crippen molar-refractivity contribution in [3.05, 3.63) is 47.3 Å². The Labute approximate surface area is 156 Å². The molecule has 0 amide bonds. The molecule has 0 saturated heterocycles. The fraction of sp³-hybridized carbons (Fsp3) is 0.316. The topological polar surface area (TPSA) is 78.9 Å². The fourth-order valence-corrected chi connectivity index (χ4v) is 3.52. The van der Waals surface area contributed by atoms with Gasteiger partial charge in [0.1, 0.15) is 17.1 Å². The van der Waals surface area contributed by atoms with E-state index >= 15 is 0 Å². The van der Waals surface area contributed by atoms with Crippen LogP contribution in [0.5, 0.6) is 17.2 Å². The van der Waals surface area contributed by atoms with Crippen LogP contribution in [0.3, 0.4) is 0 Å². The van der Waals surface area contributed by atoms with Gasteiger partial charge in [-0.15, -0.1) is 0 Å². The highest BCUT2D eigenvalue weighted by Crippen LogP contribution is 2.43. The first-order valence-electron chi connectivity index (χ1n) is 8.12. The predicted molar refractivity (Wildman–Crippen MR) is 95.8 cm³/mol. The number of benzene rings is 2. The van der Waals surface area contributed by atoms with Gasteiger partial charge in [0.15, 0.2) is 21.4 Å². The second kappa shape index (κ2) is 6.53. The highest BCUT2D eigenvalue weighted by Gasteiger charge is 2.34. The zero-order valence-corrected chi connectivity index (χ0v) is 16.1. The molecule has 2 aromatic rings. The van der Waals surface area contributed by atoms with Crippen LogP contribution >= 0.6 is 0 Å². The average molecular weight is 394 g/mol. The number of sulfone groups is 1. The second-order valence-electron chi connectivity index (χ2n) is 6.95. The molecular weight excluding hydrogens is 375 g/mol. The summed E-state index contributed by atoms with van der Waals surface area (Å²) in [5.41, 5.74) is 0.393. The molecule has 1 heterocycles. The lowest BCUT2D eigenvalue weighted by atomic mass is 10.00. The molecular formula is C19H19FO6S. The van der Waals surface area contributed by atoms with Gasteiger partial charge in [0.25, 0.3) is 0 Å². The molecule has 8 heteroatoms. The number of fused-ring (bicyclic) bond motifs is 1. The molecule has 0 aromatic heterocycles. The van der Waals surface area contributed by atoms with E-state index in [-0.39, 0.29) is 22.0 Å². The Hall–Kier alpha value is -2.61. The highest BCUT2D eigenvalue weighted by atomic mass is 32.2. The Kier molecular flexibility index (Phi) is 4.63. The van der Waals surface area contributed by atoms with Crippen molar-refractivity contribution in [3.63, 3.8) is 0 Å². The van der Waals surface area contributed by atoms with E-state index in [1.165, 1.54) is 25.3 Å². The summed E-state index contributed by atoms with van der Waals surface area (Å²) >= 11 is 0. The summed E-state index contributed by atoms with van der Waals surface area (Å²) in [5, 5.41) is 0. The molecule has 144 valence electrons. The molecule has 3 rings (SSSR count). The minimum Gasteiger partial charge on any atom is -0.487 e. The molecule has 0 fully saturated rings. The van der Waals surface area contributed by atoms with Crippen LogP contribution in [-0.2, 0) is 21.0 Å². The number of esters is 1. The lowest BCUT2D eigenvalue weighted by Crippen LogP contribution is -2.24. The molecule has 0 saturated carbocycles. The average Bonchev–Trinajstić information content (AvgIpc) is 2.89. The molecule has 0 spiro atoms. The maximum atomic E-state index is 14.4. The maximum absolute atomic E-state index is 14.4. The molecule has 0 atom stereocenters. The van der Waals surface area contributed by atoms with Crippen LogP contribution in [0.4, 0.5) is 4.39 Å². The van der Waals surface area contributed by atoms with E-state index in [9.17, 15) is 17.6 Å². The lowest BCUT2D eigenvalue weighted by Gasteiger charge is -2.16. The second-order valence-corrected chi connectivity index (χ2v) is 8.96. The van der Waals surface area contributed by atoms with Crippen LogP contribution in [0.1, 0.15) is 29.8 Å². The van der Waals surface area contributed by atoms with Crippen molar-refractivity contribution in [2.24, 2.45) is 0 Å². The quantitative estimate of drug-likeness (QED) is 0.739. The summed E-state index contributed by atoms with van der Waals surface area (Å²) in [5.74, 6) is -0.843. The monoisotopic (exact) mass is 394 g/mol. The Morgan fingerprint density at radius 3 is 2.48 bits per heavy atom. The summed E-state index contributed by atoms with van der Waals surface area (Å²) < 4.78 is 53.8. The van der Waals surface area contributed by atoms with Crippen LogP contribution in [0.15, 0.2) is 35.2 Å². The lowest BCUT2D eigenvalue weighted by molar-refractivity contribution is 0.0599. The maximum Gasteiger partial charge on any atom is 0.338 e. The number of carbonyl (C=O) groups excluding carboxylic acids is 1. The molecule has 0 unspecified atom stereocenters. The smallest absolute Gasteiger partial charge is 0.338 e. The van der Waals surface area contributed by atoms with Crippen molar-refractivity contribution >= 4 is 15.8 Å². The molecule has 27 heavy (non-hydrogen) atoms. The fourth-order valence-electron chi connectivity index (χ4n) is 2.88. The first kappa shape index (κ1) is 19.2. The minimum absolute atomic E-state index is 0.148. The largest absolute Gasteiger partial charge is 0.487 e. The number of ether oxygens (including phenoxy) is 3. The van der Waals surface area contributed by atoms with Crippen molar-refractivity contribution in [1.82, 2.24) is 0 Å². The van der Waals surface area contributed by atoms with Gasteiger partial charge >= 0.3 is 5.97 Å². The Morgan fingerprint density at radius 2 is 1.89 bits per heavy atom. The van der Waals surface area contributed by atoms with Gasteiger partial charge in [0, 0.05) is 18.2 Å². The van der Waals surface area contributed by atoms with Crippen molar-refractivity contribution < 1.29 is 31.8 Å². The number of halogens is 1. The van der Waals surface area contributed by atoms with E-state index in [4.69, 9.17) is 14.2 Å². The van der Waals surface area contributed by atoms with Crippen LogP contribution in [-0.4, -0.2) is 33.4 Å². The van der Waals surface area contributed by atoms with E-state index in [2.05, 4.69) is 0 Å². The van der Waals surface area contributed by atoms with E-state index in [0.29, 0.717) is 17.7 Å². The summed E-state index contributed by atoms with van der Waals surface area (Å²) in [6, 6.07) is 6.42. The molecule has 6 nitrogen and oxygen atoms in total. The standard InChI is InChI=1S/C19H19FO6S/c1-19(2)10-13-16(7-11(18(21)24-3)8-17(13)26-19)25-15-6-5-12(9-14(15)20)27(4,22)23/h5-9H,10H2,1-4H3. The predicted octanol–water partition coefficient (Wildman–Crippen LogP) is 3.52. The van der Waals surface area contributed by atoms with E-state index in [1.54, 1.807) is 6.07 Å². The summed E-state index contributed by atoms with van der Waals surface area (Å²) in [7, 11) is -2.28. The zero-order valence-electron chi connectivity index (χ0n) is 15.3. The van der Waals surface area contributed by atoms with Crippen molar-refractivity contribution in [1.29, 1.82) is 0 Å². The van der Waals surface area contributed by atoms with Gasteiger partial charge in [-0.2, -0.15) is 0 Å². The third-order valence-electron chi connectivity index (χ3n) is 4.13. The van der Waals surface area contributed by atoms with Gasteiger partial charge in [-0.25, -0.2) is 17.6 Å². The first-order chi connectivity index (χ1) is 12.5. The third kappa shape index (κ3) is 3.90. The Balaban J connectivity index is 2.05. The highest BCUT2D eigenvalue weighted by molar-refractivity contribution is 7.90. The van der Waals surface area contributed by atoms with Crippen LogP contribution in [0, 0.1) is 5.82 Å². The van der Waals surface area contributed by atoms with E-state index in [0.717, 1.165) is 12.3 Å². The summed E-state index contributed by atoms with van der Waals surface area (Å²) in [6.07, 6.45) is 1.50. The third-order valence-corrected chi connectivity index (χ3v) is 5.24. The van der Waals surface area contributed by atoms with Crippen LogP contribution < -0.4 is 9.47 Å². The number of methoxy groups -OCH3 is 1. The van der Waals surface area contributed by atoms with Crippen molar-refractivity contribution in [3.8, 4) is 17.2 Å². The van der Waals surface area contributed by atoms with Gasteiger partial charge in [-0.05, 0) is 44.2 Å². The first-order valence-corrected chi connectivity index (χ1v) is 10.0. The number of hydrogen-bond acceptors (Lipinski definition) is 6. The normalized spacial score (nSPS) is 15.0. The van der Waals surface area contributed by atoms with Gasteiger partial charge in [-0.3, -0.25) is 0 Å². The van der Waals surface area contributed by atoms with Gasteiger partial charge < -0.3 is 14.2 Å². The molecule has 0 aliphatic carbocycles. The SMILES string of the molecule is COC(=O)c1cc(Oc2ccc(S(C)(=O)=O)cc2F)c2c(c1)OC(C)(C)C2. The molecule has 0 bridgehead atoms. The van der Waals surface area contributed by atoms with Gasteiger partial charge in [0.05, 0.1) is 17.6 Å². The number of hydrogen-bond donors (Lipinski definition) is 0. The summed E-state index contributed by atoms with van der Waals surface area (Å²) in [6.45, 7) is 3.77.